The van der Waals surface area contributed by atoms with Crippen LogP contribution in [0.25, 0.3) is 0 Å². The molecule has 1 aromatic rings. The molecule has 0 bridgehead atoms. The van der Waals surface area contributed by atoms with E-state index in [9.17, 15) is 9.90 Å². The monoisotopic (exact) mass is 291 g/mol. The van der Waals surface area contributed by atoms with E-state index in [4.69, 9.17) is 0 Å². The normalized spacial score (nSPS) is 16.9. The summed E-state index contributed by atoms with van der Waals surface area (Å²) in [6.45, 7) is 9.74. The van der Waals surface area contributed by atoms with Gasteiger partial charge in [0.05, 0.1) is 6.61 Å². The molecule has 1 aliphatic rings. The maximum Gasteiger partial charge on any atom is 0.321 e. The molecule has 0 unspecified atom stereocenters. The fourth-order valence-corrected chi connectivity index (χ4v) is 2.55. The number of hydrogen-bond acceptors (Lipinski definition) is 3. The van der Waals surface area contributed by atoms with Crippen LogP contribution in [0.5, 0.6) is 0 Å². The zero-order valence-corrected chi connectivity index (χ0v) is 13.1. The minimum atomic E-state index is -0.0931. The summed E-state index contributed by atoms with van der Waals surface area (Å²) >= 11 is 0. The fourth-order valence-electron chi connectivity index (χ4n) is 2.55. The average molecular weight is 291 g/mol. The van der Waals surface area contributed by atoms with Gasteiger partial charge < -0.3 is 15.3 Å². The van der Waals surface area contributed by atoms with E-state index in [1.165, 1.54) is 0 Å². The topological polar surface area (TPSA) is 55.8 Å². The molecule has 1 aromatic carbocycles. The minimum absolute atomic E-state index is 0.0751. The molecule has 2 rings (SSSR count). The highest BCUT2D eigenvalue weighted by Crippen LogP contribution is 2.18. The summed E-state index contributed by atoms with van der Waals surface area (Å²) in [5.41, 5.74) is 1.56. The van der Waals surface area contributed by atoms with Crippen LogP contribution in [0, 0.1) is 0 Å². The van der Waals surface area contributed by atoms with Crippen LogP contribution < -0.4 is 5.32 Å². The number of nitrogens with one attached hydrogen (secondary N) is 1. The second-order valence-corrected chi connectivity index (χ2v) is 6.39. The van der Waals surface area contributed by atoms with Crippen LogP contribution in [-0.2, 0) is 6.61 Å². The summed E-state index contributed by atoms with van der Waals surface area (Å²) in [5.74, 6) is 0. The fraction of sp³-hybridized carbons (Fsp3) is 0.562. The first-order valence-electron chi connectivity index (χ1n) is 7.41. The van der Waals surface area contributed by atoms with Crippen molar-refractivity contribution in [2.75, 3.05) is 31.5 Å². The molecule has 0 radical (unpaired) electrons. The first kappa shape index (κ1) is 15.8. The van der Waals surface area contributed by atoms with Crippen molar-refractivity contribution in [1.82, 2.24) is 9.80 Å². The molecule has 0 aliphatic carbocycles. The number of para-hydroxylation sites is 1. The summed E-state index contributed by atoms with van der Waals surface area (Å²) in [5, 5.41) is 12.2. The van der Waals surface area contributed by atoms with Gasteiger partial charge in [0.25, 0.3) is 0 Å². The van der Waals surface area contributed by atoms with Gasteiger partial charge in [-0.25, -0.2) is 4.79 Å². The van der Waals surface area contributed by atoms with Gasteiger partial charge in [0.1, 0.15) is 0 Å². The molecule has 0 aromatic heterocycles. The quantitative estimate of drug-likeness (QED) is 0.877. The first-order chi connectivity index (χ1) is 9.91. The number of hydrogen-bond donors (Lipinski definition) is 2. The molecule has 1 aliphatic heterocycles. The van der Waals surface area contributed by atoms with Gasteiger partial charge in [0, 0.05) is 43.0 Å². The Morgan fingerprint density at radius 2 is 1.81 bits per heavy atom. The number of aliphatic hydroxyl groups is 1. The lowest BCUT2D eigenvalue weighted by Crippen LogP contribution is -2.55. The zero-order chi connectivity index (χ0) is 15.5. The molecule has 2 N–H and O–H groups in total. The Labute approximate surface area is 126 Å². The molecule has 1 fully saturated rings. The number of aliphatic hydroxyl groups excluding tert-OH is 1. The number of nitrogens with zero attached hydrogens (tertiary/aromatic N) is 2. The van der Waals surface area contributed by atoms with Crippen molar-refractivity contribution in [3.63, 3.8) is 0 Å². The van der Waals surface area contributed by atoms with Crippen LogP contribution >= 0.6 is 0 Å². The third-order valence-electron chi connectivity index (χ3n) is 3.94. The highest BCUT2D eigenvalue weighted by molar-refractivity contribution is 5.90. The van der Waals surface area contributed by atoms with Gasteiger partial charge in [-0.3, -0.25) is 4.90 Å². The number of urea groups is 1. The van der Waals surface area contributed by atoms with E-state index in [2.05, 4.69) is 31.0 Å². The number of benzene rings is 1. The maximum atomic E-state index is 12.3. The summed E-state index contributed by atoms with van der Waals surface area (Å²) in [6, 6.07) is 7.24. The smallest absolute Gasteiger partial charge is 0.321 e. The molecular weight excluding hydrogens is 266 g/mol. The highest BCUT2D eigenvalue weighted by atomic mass is 16.3. The van der Waals surface area contributed by atoms with Crippen molar-refractivity contribution in [3.8, 4) is 0 Å². The average Bonchev–Trinajstić information content (AvgIpc) is 2.47. The van der Waals surface area contributed by atoms with Crippen LogP contribution in [0.1, 0.15) is 26.3 Å². The van der Waals surface area contributed by atoms with Crippen molar-refractivity contribution in [3.05, 3.63) is 29.8 Å². The van der Waals surface area contributed by atoms with Crippen molar-refractivity contribution in [2.24, 2.45) is 0 Å². The third kappa shape index (κ3) is 3.95. The second kappa shape index (κ2) is 6.45. The Morgan fingerprint density at radius 1 is 1.19 bits per heavy atom. The standard InChI is InChI=1S/C16H25N3O2/c1-16(2,3)19-10-8-18(9-11-19)15(21)17-14-7-5-4-6-13(14)12-20/h4-7,20H,8-12H2,1-3H3,(H,17,21). The molecule has 1 heterocycles. The lowest BCUT2D eigenvalue weighted by Gasteiger charge is -2.42. The van der Waals surface area contributed by atoms with Gasteiger partial charge >= 0.3 is 6.03 Å². The van der Waals surface area contributed by atoms with E-state index in [-0.39, 0.29) is 18.2 Å². The first-order valence-corrected chi connectivity index (χ1v) is 7.41. The van der Waals surface area contributed by atoms with E-state index in [1.807, 2.05) is 29.2 Å². The van der Waals surface area contributed by atoms with Gasteiger partial charge in [-0.15, -0.1) is 0 Å². The van der Waals surface area contributed by atoms with Crippen LogP contribution in [0.4, 0.5) is 10.5 Å². The molecule has 0 atom stereocenters. The maximum absolute atomic E-state index is 12.3. The number of amides is 2. The zero-order valence-electron chi connectivity index (χ0n) is 13.1. The van der Waals surface area contributed by atoms with Gasteiger partial charge in [-0.2, -0.15) is 0 Å². The number of anilines is 1. The summed E-state index contributed by atoms with van der Waals surface area (Å²) < 4.78 is 0. The molecule has 5 nitrogen and oxygen atoms in total. The Balaban J connectivity index is 1.94. The Morgan fingerprint density at radius 3 is 2.38 bits per heavy atom. The van der Waals surface area contributed by atoms with Gasteiger partial charge in [0.15, 0.2) is 0 Å². The van der Waals surface area contributed by atoms with Crippen molar-refractivity contribution in [1.29, 1.82) is 0 Å². The molecule has 0 spiro atoms. The minimum Gasteiger partial charge on any atom is -0.392 e. The summed E-state index contributed by atoms with van der Waals surface area (Å²) in [6.07, 6.45) is 0. The Bertz CT molecular complexity index is 489. The van der Waals surface area contributed by atoms with E-state index < -0.39 is 0 Å². The van der Waals surface area contributed by atoms with Crippen LogP contribution in [0.3, 0.4) is 0 Å². The molecule has 2 amide bonds. The lowest BCUT2D eigenvalue weighted by molar-refractivity contribution is 0.0774. The van der Waals surface area contributed by atoms with Crippen molar-refractivity contribution in [2.45, 2.75) is 32.9 Å². The van der Waals surface area contributed by atoms with Crippen LogP contribution in [0.15, 0.2) is 24.3 Å². The molecule has 5 heteroatoms. The highest BCUT2D eigenvalue weighted by Gasteiger charge is 2.27. The van der Waals surface area contributed by atoms with Gasteiger partial charge in [0.2, 0.25) is 0 Å². The number of rotatable bonds is 2. The van der Waals surface area contributed by atoms with Crippen LogP contribution in [0.2, 0.25) is 0 Å². The van der Waals surface area contributed by atoms with E-state index in [0.717, 1.165) is 31.7 Å². The molecule has 116 valence electrons. The van der Waals surface area contributed by atoms with Gasteiger partial charge in [-0.05, 0) is 26.8 Å². The second-order valence-electron chi connectivity index (χ2n) is 6.39. The Hall–Kier alpha value is -1.59. The Kier molecular flexibility index (Phi) is 4.85. The number of carbonyl (C=O) groups is 1. The summed E-state index contributed by atoms with van der Waals surface area (Å²) in [7, 11) is 0. The van der Waals surface area contributed by atoms with Gasteiger partial charge in [-0.1, -0.05) is 18.2 Å². The van der Waals surface area contributed by atoms with E-state index in [0.29, 0.717) is 5.69 Å². The lowest BCUT2D eigenvalue weighted by atomic mass is 10.1. The number of piperazine rings is 1. The van der Waals surface area contributed by atoms with E-state index >= 15 is 0 Å². The SMILES string of the molecule is CC(C)(C)N1CCN(C(=O)Nc2ccccc2CO)CC1. The molecular formula is C16H25N3O2. The number of carbonyl (C=O) groups excluding carboxylic acids is 1. The van der Waals surface area contributed by atoms with Crippen molar-refractivity contribution < 1.29 is 9.90 Å². The molecule has 0 saturated carbocycles. The predicted molar refractivity (Wildman–Crippen MR) is 84.3 cm³/mol. The summed E-state index contributed by atoms with van der Waals surface area (Å²) in [4.78, 5) is 16.5. The molecule has 1 saturated heterocycles. The van der Waals surface area contributed by atoms with Crippen LogP contribution in [-0.4, -0.2) is 52.7 Å². The largest absolute Gasteiger partial charge is 0.392 e. The van der Waals surface area contributed by atoms with E-state index in [1.54, 1.807) is 0 Å². The molecule has 21 heavy (non-hydrogen) atoms. The third-order valence-corrected chi connectivity index (χ3v) is 3.94. The predicted octanol–water partition coefficient (Wildman–Crippen LogP) is 2.13. The van der Waals surface area contributed by atoms with Crippen molar-refractivity contribution >= 4 is 11.7 Å².